The van der Waals surface area contributed by atoms with Crippen molar-refractivity contribution in [1.29, 1.82) is 0 Å². The zero-order chi connectivity index (χ0) is 34.6. The summed E-state index contributed by atoms with van der Waals surface area (Å²) in [5, 5.41) is 2.47. The van der Waals surface area contributed by atoms with Gasteiger partial charge in [0.25, 0.3) is 0 Å². The van der Waals surface area contributed by atoms with Crippen LogP contribution in [0.4, 0.5) is 17.1 Å². The topological polar surface area (TPSA) is 8.17 Å². The molecule has 8 rings (SSSR count). The highest BCUT2D eigenvalue weighted by Gasteiger charge is 2.16. The van der Waals surface area contributed by atoms with Gasteiger partial charge >= 0.3 is 0 Å². The van der Waals surface area contributed by atoms with Gasteiger partial charge in [-0.1, -0.05) is 146 Å². The van der Waals surface area contributed by atoms with Crippen LogP contribution in [0.2, 0.25) is 0 Å². The number of rotatable bonds is 9. The first-order chi connectivity index (χ1) is 25.2. The summed E-state index contributed by atoms with van der Waals surface area (Å²) in [6.45, 7) is 5.95. The van der Waals surface area contributed by atoms with Gasteiger partial charge in [0.1, 0.15) is 0 Å². The second-order valence-electron chi connectivity index (χ2n) is 12.6. The van der Waals surface area contributed by atoms with Crippen molar-refractivity contribution in [3.05, 3.63) is 207 Å². The number of anilines is 3. The molecule has 2 heteroatoms. The lowest BCUT2D eigenvalue weighted by atomic mass is 10.0. The molecule has 2 nitrogen and oxygen atoms in total. The number of hydrogen-bond donors (Lipinski definition) is 0. The van der Waals surface area contributed by atoms with Crippen molar-refractivity contribution in [2.24, 2.45) is 0 Å². The molecule has 1 heterocycles. The maximum Gasteiger partial charge on any atom is 0.0541 e. The van der Waals surface area contributed by atoms with Crippen LogP contribution in [-0.2, 0) is 0 Å². The van der Waals surface area contributed by atoms with Crippen molar-refractivity contribution in [2.75, 3.05) is 4.90 Å². The van der Waals surface area contributed by atoms with Crippen LogP contribution in [0.25, 0.3) is 60.9 Å². The first kappa shape index (κ1) is 31.6. The molecule has 7 aromatic carbocycles. The van der Waals surface area contributed by atoms with Gasteiger partial charge in [-0.25, -0.2) is 0 Å². The minimum atomic E-state index is 1.10. The minimum Gasteiger partial charge on any atom is -0.311 e. The van der Waals surface area contributed by atoms with Crippen LogP contribution in [0.1, 0.15) is 6.92 Å². The number of allylic oxidation sites excluding steroid dienone is 5. The van der Waals surface area contributed by atoms with Crippen molar-refractivity contribution >= 4 is 44.6 Å². The summed E-state index contributed by atoms with van der Waals surface area (Å²) in [5.41, 5.74) is 14.0. The third kappa shape index (κ3) is 6.20. The van der Waals surface area contributed by atoms with Gasteiger partial charge in [0, 0.05) is 33.5 Å². The molecule has 0 fully saturated rings. The SMILES string of the molecule is C=C/C=C\C(=C/C)n1c2ccccc2c2cc(-c3ccc(N(c4ccc(-c5ccccc5)cc4)c4ccc(-c5ccccc5)cc4)cc3)ccc21. The Balaban J connectivity index is 1.18. The Morgan fingerprint density at radius 3 is 1.41 bits per heavy atom. The van der Waals surface area contributed by atoms with Crippen LogP contribution >= 0.6 is 0 Å². The van der Waals surface area contributed by atoms with Crippen LogP contribution in [0.3, 0.4) is 0 Å². The Labute approximate surface area is 300 Å². The average molecular weight is 655 g/mol. The van der Waals surface area contributed by atoms with Crippen molar-refractivity contribution in [3.63, 3.8) is 0 Å². The van der Waals surface area contributed by atoms with Crippen molar-refractivity contribution in [3.8, 4) is 33.4 Å². The molecule has 0 saturated heterocycles. The molecule has 244 valence electrons. The summed E-state index contributed by atoms with van der Waals surface area (Å²) in [4.78, 5) is 2.33. The third-order valence-electron chi connectivity index (χ3n) is 9.55. The maximum absolute atomic E-state index is 3.87. The molecule has 0 spiro atoms. The van der Waals surface area contributed by atoms with Crippen LogP contribution in [0.5, 0.6) is 0 Å². The van der Waals surface area contributed by atoms with E-state index < -0.39 is 0 Å². The van der Waals surface area contributed by atoms with E-state index in [9.17, 15) is 0 Å². The zero-order valence-corrected chi connectivity index (χ0v) is 28.7. The molecule has 0 radical (unpaired) electrons. The molecule has 8 aromatic rings. The molecule has 0 amide bonds. The summed E-state index contributed by atoms with van der Waals surface area (Å²) in [6.07, 6.45) is 8.07. The Kier molecular flexibility index (Phi) is 8.72. The first-order valence-corrected chi connectivity index (χ1v) is 17.4. The quantitative estimate of drug-likeness (QED) is 0.141. The predicted molar refractivity (Wildman–Crippen MR) is 220 cm³/mol. The van der Waals surface area contributed by atoms with Gasteiger partial charge < -0.3 is 9.47 Å². The van der Waals surface area contributed by atoms with E-state index in [1.54, 1.807) is 0 Å². The average Bonchev–Trinajstić information content (AvgIpc) is 3.53. The number of fused-ring (bicyclic) bond motifs is 3. The Hall–Kier alpha value is -6.64. The van der Waals surface area contributed by atoms with E-state index in [0.29, 0.717) is 0 Å². The summed E-state index contributed by atoms with van der Waals surface area (Å²) >= 11 is 0. The van der Waals surface area contributed by atoms with E-state index in [4.69, 9.17) is 0 Å². The fraction of sp³-hybridized carbons (Fsp3) is 0.0204. The van der Waals surface area contributed by atoms with Gasteiger partial charge in [-0.15, -0.1) is 0 Å². The Morgan fingerprint density at radius 1 is 0.471 bits per heavy atom. The molecular formula is C49H38N2. The van der Waals surface area contributed by atoms with E-state index in [2.05, 4.69) is 211 Å². The van der Waals surface area contributed by atoms with Gasteiger partial charge in [0.05, 0.1) is 11.0 Å². The number of hydrogen-bond acceptors (Lipinski definition) is 1. The molecule has 1 aromatic heterocycles. The molecular weight excluding hydrogens is 617 g/mol. The number of benzene rings is 7. The van der Waals surface area contributed by atoms with E-state index in [-0.39, 0.29) is 0 Å². The summed E-state index contributed by atoms with van der Waals surface area (Å²) < 4.78 is 2.33. The van der Waals surface area contributed by atoms with Crippen molar-refractivity contribution in [1.82, 2.24) is 4.57 Å². The smallest absolute Gasteiger partial charge is 0.0541 e. The van der Waals surface area contributed by atoms with Crippen molar-refractivity contribution < 1.29 is 0 Å². The highest BCUT2D eigenvalue weighted by atomic mass is 15.1. The van der Waals surface area contributed by atoms with Gasteiger partial charge in [0.15, 0.2) is 0 Å². The van der Waals surface area contributed by atoms with Gasteiger partial charge in [-0.05, 0) is 101 Å². The normalized spacial score (nSPS) is 11.7. The number of nitrogens with zero attached hydrogens (tertiary/aromatic N) is 2. The van der Waals surface area contributed by atoms with E-state index >= 15 is 0 Å². The number of para-hydroxylation sites is 1. The lowest BCUT2D eigenvalue weighted by molar-refractivity contribution is 1.23. The summed E-state index contributed by atoms with van der Waals surface area (Å²) in [5.74, 6) is 0. The van der Waals surface area contributed by atoms with E-state index in [0.717, 1.165) is 22.8 Å². The van der Waals surface area contributed by atoms with E-state index in [1.165, 1.54) is 55.2 Å². The molecule has 0 N–H and O–H groups in total. The first-order valence-electron chi connectivity index (χ1n) is 17.4. The second-order valence-corrected chi connectivity index (χ2v) is 12.6. The summed E-state index contributed by atoms with van der Waals surface area (Å²) in [7, 11) is 0. The predicted octanol–water partition coefficient (Wildman–Crippen LogP) is 13.9. The largest absolute Gasteiger partial charge is 0.311 e. The zero-order valence-electron chi connectivity index (χ0n) is 28.7. The fourth-order valence-electron chi connectivity index (χ4n) is 7.01. The maximum atomic E-state index is 3.87. The van der Waals surface area contributed by atoms with Crippen LogP contribution < -0.4 is 4.90 Å². The summed E-state index contributed by atoms with van der Waals surface area (Å²) in [6, 6.07) is 63.2. The third-order valence-corrected chi connectivity index (χ3v) is 9.55. The Bertz CT molecular complexity index is 2420. The van der Waals surface area contributed by atoms with Gasteiger partial charge in [-0.2, -0.15) is 0 Å². The highest BCUT2D eigenvalue weighted by molar-refractivity contribution is 6.11. The van der Waals surface area contributed by atoms with Crippen LogP contribution in [0.15, 0.2) is 207 Å². The van der Waals surface area contributed by atoms with Crippen LogP contribution in [0, 0.1) is 0 Å². The standard InChI is InChI=1S/C49H38N2/c1-3-5-18-42(4-2)51-48-20-13-12-19-46(48)47-35-41(27-34-49(47)51)40-25-32-45(33-26-40)50(43-28-21-38(22-29-43)36-14-8-6-9-15-36)44-30-23-39(24-31-44)37-16-10-7-11-17-37/h3-35H,1H2,2H3/b18-5-,42-4+. The monoisotopic (exact) mass is 654 g/mol. The van der Waals surface area contributed by atoms with Gasteiger partial charge in [0.2, 0.25) is 0 Å². The van der Waals surface area contributed by atoms with Crippen LogP contribution in [-0.4, -0.2) is 4.57 Å². The highest BCUT2D eigenvalue weighted by Crippen LogP contribution is 2.39. The van der Waals surface area contributed by atoms with E-state index in [1.807, 2.05) is 12.2 Å². The lowest BCUT2D eigenvalue weighted by Crippen LogP contribution is -2.09. The molecule has 0 unspecified atom stereocenters. The molecule has 0 aliphatic carbocycles. The molecule has 0 atom stereocenters. The van der Waals surface area contributed by atoms with Crippen molar-refractivity contribution in [2.45, 2.75) is 6.92 Å². The minimum absolute atomic E-state index is 1.10. The molecule has 0 aliphatic heterocycles. The molecule has 0 aliphatic rings. The van der Waals surface area contributed by atoms with Gasteiger partial charge in [-0.3, -0.25) is 0 Å². The molecule has 0 saturated carbocycles. The number of aromatic nitrogens is 1. The second kappa shape index (κ2) is 14.1. The fourth-order valence-corrected chi connectivity index (χ4v) is 7.01. The molecule has 51 heavy (non-hydrogen) atoms. The molecule has 0 bridgehead atoms. The lowest BCUT2D eigenvalue weighted by Gasteiger charge is -2.26. The Morgan fingerprint density at radius 2 is 0.902 bits per heavy atom.